The van der Waals surface area contributed by atoms with Crippen LogP contribution in [0, 0.1) is 11.3 Å². The fraction of sp³-hybridized carbons (Fsp3) is 0.143. The molecule has 2 amide bonds. The summed E-state index contributed by atoms with van der Waals surface area (Å²) in [7, 11) is 0. The lowest BCUT2D eigenvalue weighted by molar-refractivity contribution is 0.249. The van der Waals surface area contributed by atoms with Gasteiger partial charge < -0.3 is 5.73 Å². The van der Waals surface area contributed by atoms with Crippen molar-refractivity contribution in [2.75, 3.05) is 0 Å². The molecule has 0 aliphatic rings. The van der Waals surface area contributed by atoms with Gasteiger partial charge in [0.2, 0.25) is 0 Å². The van der Waals surface area contributed by atoms with Crippen molar-refractivity contribution in [3.8, 4) is 17.3 Å². The Balaban J connectivity index is 2.32. The minimum absolute atomic E-state index is 0.367. The van der Waals surface area contributed by atoms with Crippen molar-refractivity contribution in [3.63, 3.8) is 0 Å². The monoisotopic (exact) mass is 282 g/mol. The molecule has 1 aromatic heterocycles. The summed E-state index contributed by atoms with van der Waals surface area (Å²) >= 11 is 0. The summed E-state index contributed by atoms with van der Waals surface area (Å²) < 4.78 is 1.68. The zero-order chi connectivity index (χ0) is 15.1. The van der Waals surface area contributed by atoms with E-state index < -0.39 is 6.03 Å². The first-order valence-corrected chi connectivity index (χ1v) is 6.29. The smallest absolute Gasteiger partial charge is 0.332 e. The lowest BCUT2D eigenvalue weighted by Gasteiger charge is -1.98. The van der Waals surface area contributed by atoms with Gasteiger partial charge in [-0.1, -0.05) is 30.3 Å². The van der Waals surface area contributed by atoms with Gasteiger partial charge in [0.05, 0.1) is 25.2 Å². The topological polar surface area (TPSA) is 109 Å². The number of aromatic nitrogens is 2. The van der Waals surface area contributed by atoms with E-state index in [1.165, 1.54) is 6.21 Å². The van der Waals surface area contributed by atoms with Crippen LogP contribution in [0.1, 0.15) is 12.0 Å². The molecule has 7 nitrogen and oxygen atoms in total. The number of carbonyl (C=O) groups excluding carboxylic acids is 1. The molecular weight excluding hydrogens is 268 g/mol. The van der Waals surface area contributed by atoms with Gasteiger partial charge in [-0.2, -0.15) is 15.5 Å². The van der Waals surface area contributed by atoms with Crippen molar-refractivity contribution in [2.45, 2.75) is 13.0 Å². The van der Waals surface area contributed by atoms with E-state index in [1.54, 1.807) is 10.9 Å². The summed E-state index contributed by atoms with van der Waals surface area (Å²) in [5.41, 5.74) is 9.48. The number of hydrogen-bond acceptors (Lipinski definition) is 4. The van der Waals surface area contributed by atoms with Gasteiger partial charge in [0.25, 0.3) is 0 Å². The molecule has 0 spiro atoms. The fourth-order valence-corrected chi connectivity index (χ4v) is 1.80. The van der Waals surface area contributed by atoms with Crippen LogP contribution in [0.3, 0.4) is 0 Å². The second-order valence-electron chi connectivity index (χ2n) is 4.20. The van der Waals surface area contributed by atoms with Gasteiger partial charge >= 0.3 is 6.03 Å². The van der Waals surface area contributed by atoms with Crippen LogP contribution in [-0.2, 0) is 6.54 Å². The van der Waals surface area contributed by atoms with Crippen molar-refractivity contribution < 1.29 is 4.79 Å². The normalized spacial score (nSPS) is 10.4. The maximum Gasteiger partial charge on any atom is 0.332 e. The van der Waals surface area contributed by atoms with Crippen molar-refractivity contribution in [1.29, 1.82) is 5.26 Å². The first-order valence-electron chi connectivity index (χ1n) is 6.29. The summed E-state index contributed by atoms with van der Waals surface area (Å²) in [4.78, 5) is 10.6. The number of carbonyl (C=O) groups is 1. The van der Waals surface area contributed by atoms with Crippen LogP contribution in [-0.4, -0.2) is 22.0 Å². The van der Waals surface area contributed by atoms with Crippen molar-refractivity contribution in [3.05, 3.63) is 42.1 Å². The molecular formula is C14H14N6O. The van der Waals surface area contributed by atoms with Crippen LogP contribution in [0.5, 0.6) is 0 Å². The zero-order valence-corrected chi connectivity index (χ0v) is 11.2. The third-order valence-electron chi connectivity index (χ3n) is 2.67. The van der Waals surface area contributed by atoms with E-state index in [0.717, 1.165) is 16.8 Å². The van der Waals surface area contributed by atoms with Crippen molar-refractivity contribution in [2.24, 2.45) is 10.8 Å². The molecule has 3 N–H and O–H groups in total. The minimum Gasteiger partial charge on any atom is -0.350 e. The number of nitrogens with two attached hydrogens (primary N) is 1. The van der Waals surface area contributed by atoms with Crippen LogP contribution >= 0.6 is 0 Å². The summed E-state index contributed by atoms with van der Waals surface area (Å²) in [6.07, 6.45) is 3.61. The third-order valence-corrected chi connectivity index (χ3v) is 2.67. The summed E-state index contributed by atoms with van der Waals surface area (Å²) in [6.45, 7) is 0.493. The zero-order valence-electron chi connectivity index (χ0n) is 11.2. The van der Waals surface area contributed by atoms with E-state index in [9.17, 15) is 4.79 Å². The first-order chi connectivity index (χ1) is 10.2. The van der Waals surface area contributed by atoms with Gasteiger partial charge in [0.1, 0.15) is 5.69 Å². The van der Waals surface area contributed by atoms with Gasteiger partial charge in [0, 0.05) is 17.3 Å². The Morgan fingerprint density at radius 1 is 1.48 bits per heavy atom. The van der Waals surface area contributed by atoms with Crippen molar-refractivity contribution >= 4 is 12.2 Å². The predicted octanol–water partition coefficient (Wildman–Crippen LogP) is 1.47. The predicted molar refractivity (Wildman–Crippen MR) is 78.2 cm³/mol. The summed E-state index contributed by atoms with van der Waals surface area (Å²) in [5.74, 6) is 0. The van der Waals surface area contributed by atoms with Gasteiger partial charge in [-0.05, 0) is 0 Å². The molecule has 2 rings (SSSR count). The fourth-order valence-electron chi connectivity index (χ4n) is 1.80. The maximum atomic E-state index is 10.6. The lowest BCUT2D eigenvalue weighted by atomic mass is 10.1. The molecule has 2 aromatic rings. The standard InChI is InChI=1S/C14H14N6O/c15-7-4-8-20-10-12(9-17-18-14(16)21)13(19-20)11-5-2-1-3-6-11/h1-3,5-6,9-10H,4,8H2,(H3,16,18,21). The highest BCUT2D eigenvalue weighted by molar-refractivity contribution is 5.89. The molecule has 106 valence electrons. The number of nitrogens with one attached hydrogen (secondary N) is 1. The molecule has 0 radical (unpaired) electrons. The van der Waals surface area contributed by atoms with Crippen LogP contribution < -0.4 is 11.2 Å². The molecule has 1 heterocycles. The van der Waals surface area contributed by atoms with Gasteiger partial charge in [-0.25, -0.2) is 10.2 Å². The molecule has 7 heteroatoms. The number of primary amides is 1. The van der Waals surface area contributed by atoms with Crippen LogP contribution in [0.2, 0.25) is 0 Å². The summed E-state index contributed by atoms with van der Waals surface area (Å²) in [5, 5.41) is 16.8. The Morgan fingerprint density at radius 3 is 2.90 bits per heavy atom. The van der Waals surface area contributed by atoms with Crippen LogP contribution in [0.15, 0.2) is 41.6 Å². The van der Waals surface area contributed by atoms with E-state index >= 15 is 0 Å². The molecule has 0 aliphatic heterocycles. The number of nitriles is 1. The van der Waals surface area contributed by atoms with Crippen LogP contribution in [0.25, 0.3) is 11.3 Å². The number of hydrazone groups is 1. The quantitative estimate of drug-likeness (QED) is 0.640. The highest BCUT2D eigenvalue weighted by Gasteiger charge is 2.09. The number of rotatable bonds is 5. The Kier molecular flexibility index (Phi) is 4.66. The number of urea groups is 1. The molecule has 1 aromatic carbocycles. The Hall–Kier alpha value is -3.14. The molecule has 21 heavy (non-hydrogen) atoms. The molecule has 0 unspecified atom stereocenters. The number of nitrogens with zero attached hydrogens (tertiary/aromatic N) is 4. The van der Waals surface area contributed by atoms with E-state index in [0.29, 0.717) is 13.0 Å². The number of amides is 2. The minimum atomic E-state index is -0.732. The Morgan fingerprint density at radius 2 is 2.24 bits per heavy atom. The second-order valence-corrected chi connectivity index (χ2v) is 4.20. The van der Waals surface area contributed by atoms with Gasteiger partial charge in [-0.3, -0.25) is 4.68 Å². The summed E-state index contributed by atoms with van der Waals surface area (Å²) in [6, 6.07) is 10.9. The van der Waals surface area contributed by atoms with E-state index in [-0.39, 0.29) is 0 Å². The van der Waals surface area contributed by atoms with E-state index in [1.807, 2.05) is 30.3 Å². The maximum absolute atomic E-state index is 10.6. The highest BCUT2D eigenvalue weighted by Crippen LogP contribution is 2.20. The molecule has 0 saturated carbocycles. The molecule has 0 saturated heterocycles. The van der Waals surface area contributed by atoms with E-state index in [2.05, 4.69) is 21.7 Å². The largest absolute Gasteiger partial charge is 0.350 e. The molecule has 0 atom stereocenters. The lowest BCUT2D eigenvalue weighted by Crippen LogP contribution is -2.24. The van der Waals surface area contributed by atoms with Crippen molar-refractivity contribution in [1.82, 2.24) is 15.2 Å². The number of hydrogen-bond donors (Lipinski definition) is 2. The number of benzene rings is 1. The van der Waals surface area contributed by atoms with Gasteiger partial charge in [-0.15, -0.1) is 0 Å². The van der Waals surface area contributed by atoms with Gasteiger partial charge in [0.15, 0.2) is 0 Å². The average molecular weight is 282 g/mol. The first kappa shape index (κ1) is 14.3. The van der Waals surface area contributed by atoms with E-state index in [4.69, 9.17) is 11.0 Å². The third kappa shape index (κ3) is 3.91. The molecule has 0 fully saturated rings. The second kappa shape index (κ2) is 6.86. The molecule has 0 aliphatic carbocycles. The average Bonchev–Trinajstić information content (AvgIpc) is 2.89. The Bertz CT molecular complexity index is 683. The highest BCUT2D eigenvalue weighted by atomic mass is 16.2. The van der Waals surface area contributed by atoms with Crippen LogP contribution in [0.4, 0.5) is 4.79 Å². The molecule has 0 bridgehead atoms. The number of aryl methyl sites for hydroxylation is 1. The SMILES string of the molecule is N#CCCn1cc(C=NNC(N)=O)c(-c2ccccc2)n1. The Labute approximate surface area is 121 Å².